The van der Waals surface area contributed by atoms with Crippen LogP contribution in [0.1, 0.15) is 46.1 Å². The van der Waals surface area contributed by atoms with Crippen LogP contribution in [-0.4, -0.2) is 33.9 Å². The number of hydrogen-bond donors (Lipinski definition) is 0. The standard InChI is InChI=1S/C27H23F2N3O/c28-23-8-3-9-24(29)22(23)15-18-10-11-25(31-16-18)20-6-4-14-32(17-20)27(33)26-21-7-2-1-5-19(21)12-13-30-26/h1-3,5,7-13,16,20H,4,6,14-15,17H2/t20-/m1/s1. The summed E-state index contributed by atoms with van der Waals surface area (Å²) in [4.78, 5) is 24.1. The first-order chi connectivity index (χ1) is 16.1. The van der Waals surface area contributed by atoms with Crippen LogP contribution in [0, 0.1) is 11.6 Å². The van der Waals surface area contributed by atoms with E-state index in [0.29, 0.717) is 18.8 Å². The molecule has 0 spiro atoms. The molecule has 1 amide bonds. The van der Waals surface area contributed by atoms with E-state index in [2.05, 4.69) is 9.97 Å². The van der Waals surface area contributed by atoms with Crippen molar-refractivity contribution in [3.05, 3.63) is 107 Å². The average molecular weight is 443 g/mol. The van der Waals surface area contributed by atoms with Crippen molar-refractivity contribution in [1.29, 1.82) is 0 Å². The molecular formula is C27H23F2N3O. The van der Waals surface area contributed by atoms with Crippen LogP contribution < -0.4 is 0 Å². The summed E-state index contributed by atoms with van der Waals surface area (Å²) in [7, 11) is 0. The molecule has 33 heavy (non-hydrogen) atoms. The molecule has 166 valence electrons. The maximum absolute atomic E-state index is 14.0. The first-order valence-corrected chi connectivity index (χ1v) is 11.1. The number of fused-ring (bicyclic) bond motifs is 1. The summed E-state index contributed by atoms with van der Waals surface area (Å²) in [5, 5.41) is 1.85. The number of rotatable bonds is 4. The Balaban J connectivity index is 1.32. The van der Waals surface area contributed by atoms with Crippen molar-refractivity contribution in [2.45, 2.75) is 25.2 Å². The second kappa shape index (κ2) is 9.06. The van der Waals surface area contributed by atoms with Gasteiger partial charge in [0.2, 0.25) is 0 Å². The summed E-state index contributed by atoms with van der Waals surface area (Å²) in [5.41, 5.74) is 2.15. The fraction of sp³-hybridized carbons (Fsp3) is 0.222. The maximum Gasteiger partial charge on any atom is 0.273 e. The molecule has 5 rings (SSSR count). The number of aromatic nitrogens is 2. The molecular weight excluding hydrogens is 420 g/mol. The van der Waals surface area contributed by atoms with Crippen LogP contribution in [0.2, 0.25) is 0 Å². The van der Waals surface area contributed by atoms with Crippen molar-refractivity contribution in [3.8, 4) is 0 Å². The Kier molecular flexibility index (Phi) is 5.82. The number of nitrogens with zero attached hydrogens (tertiary/aromatic N) is 3. The van der Waals surface area contributed by atoms with E-state index < -0.39 is 11.6 Å². The number of carbonyl (C=O) groups is 1. The number of pyridine rings is 2. The normalized spacial score (nSPS) is 16.2. The zero-order chi connectivity index (χ0) is 22.8. The Morgan fingerprint density at radius 2 is 1.79 bits per heavy atom. The van der Waals surface area contributed by atoms with E-state index in [0.717, 1.165) is 34.9 Å². The molecule has 1 aliphatic heterocycles. The van der Waals surface area contributed by atoms with Crippen molar-refractivity contribution >= 4 is 16.7 Å². The van der Waals surface area contributed by atoms with E-state index in [1.165, 1.54) is 18.2 Å². The van der Waals surface area contributed by atoms with Gasteiger partial charge in [-0.05, 0) is 48.1 Å². The smallest absolute Gasteiger partial charge is 0.273 e. The summed E-state index contributed by atoms with van der Waals surface area (Å²) in [6.45, 7) is 1.25. The zero-order valence-electron chi connectivity index (χ0n) is 18.0. The summed E-state index contributed by atoms with van der Waals surface area (Å²) >= 11 is 0. The molecule has 6 heteroatoms. The summed E-state index contributed by atoms with van der Waals surface area (Å²) in [5.74, 6) is -1.06. The second-order valence-corrected chi connectivity index (χ2v) is 8.44. The lowest BCUT2D eigenvalue weighted by Gasteiger charge is -2.32. The number of benzene rings is 2. The molecule has 3 heterocycles. The van der Waals surface area contributed by atoms with E-state index >= 15 is 0 Å². The third kappa shape index (κ3) is 4.33. The van der Waals surface area contributed by atoms with Gasteiger partial charge in [-0.2, -0.15) is 0 Å². The van der Waals surface area contributed by atoms with E-state index in [9.17, 15) is 13.6 Å². The molecule has 2 aromatic heterocycles. The highest BCUT2D eigenvalue weighted by Gasteiger charge is 2.27. The highest BCUT2D eigenvalue weighted by atomic mass is 19.1. The molecule has 1 aliphatic rings. The van der Waals surface area contributed by atoms with Gasteiger partial charge in [-0.3, -0.25) is 14.8 Å². The van der Waals surface area contributed by atoms with Crippen LogP contribution in [0.3, 0.4) is 0 Å². The highest BCUT2D eigenvalue weighted by molar-refractivity contribution is 6.05. The van der Waals surface area contributed by atoms with Crippen LogP contribution in [0.15, 0.2) is 73.1 Å². The van der Waals surface area contributed by atoms with E-state index in [-0.39, 0.29) is 23.8 Å². The van der Waals surface area contributed by atoms with E-state index in [1.807, 2.05) is 47.4 Å². The van der Waals surface area contributed by atoms with Crippen molar-refractivity contribution in [3.63, 3.8) is 0 Å². The lowest BCUT2D eigenvalue weighted by Crippen LogP contribution is -2.39. The van der Waals surface area contributed by atoms with Crippen LogP contribution in [0.4, 0.5) is 8.78 Å². The zero-order valence-corrected chi connectivity index (χ0v) is 18.0. The average Bonchev–Trinajstić information content (AvgIpc) is 2.86. The summed E-state index contributed by atoms with van der Waals surface area (Å²) < 4.78 is 27.9. The number of halogens is 2. The lowest BCUT2D eigenvalue weighted by atomic mass is 9.93. The maximum atomic E-state index is 14.0. The van der Waals surface area contributed by atoms with Crippen molar-refractivity contribution < 1.29 is 13.6 Å². The van der Waals surface area contributed by atoms with Gasteiger partial charge in [0.05, 0.1) is 0 Å². The molecule has 2 aromatic carbocycles. The van der Waals surface area contributed by atoms with Crippen molar-refractivity contribution in [1.82, 2.24) is 14.9 Å². The molecule has 4 nitrogen and oxygen atoms in total. The minimum absolute atomic E-state index is 0.0454. The number of hydrogen-bond acceptors (Lipinski definition) is 3. The summed E-state index contributed by atoms with van der Waals surface area (Å²) in [6.07, 6.45) is 5.31. The predicted octanol–water partition coefficient (Wildman–Crippen LogP) is 5.52. The Hall–Kier alpha value is -3.67. The first-order valence-electron chi connectivity index (χ1n) is 11.1. The van der Waals surface area contributed by atoms with Crippen LogP contribution in [0.25, 0.3) is 10.8 Å². The van der Waals surface area contributed by atoms with Gasteiger partial charge >= 0.3 is 0 Å². The SMILES string of the molecule is O=C(c1nccc2ccccc12)N1CCC[C@@H](c2ccc(Cc3c(F)cccc3F)cn2)C1. The first kappa shape index (κ1) is 21.2. The largest absolute Gasteiger partial charge is 0.337 e. The highest BCUT2D eigenvalue weighted by Crippen LogP contribution is 2.28. The van der Waals surface area contributed by atoms with E-state index in [4.69, 9.17) is 0 Å². The Morgan fingerprint density at radius 3 is 2.58 bits per heavy atom. The van der Waals surface area contributed by atoms with Gasteiger partial charge in [-0.15, -0.1) is 0 Å². The van der Waals surface area contributed by atoms with Gasteiger partial charge in [-0.1, -0.05) is 36.4 Å². The van der Waals surface area contributed by atoms with Gasteiger partial charge in [0.25, 0.3) is 5.91 Å². The molecule has 1 atom stereocenters. The molecule has 0 saturated carbocycles. The fourth-order valence-electron chi connectivity index (χ4n) is 4.53. The molecule has 0 bridgehead atoms. The molecule has 0 N–H and O–H groups in total. The summed E-state index contributed by atoms with van der Waals surface area (Å²) in [6, 6.07) is 17.3. The van der Waals surface area contributed by atoms with Gasteiger partial charge in [0.15, 0.2) is 0 Å². The molecule has 0 unspecified atom stereocenters. The lowest BCUT2D eigenvalue weighted by molar-refractivity contribution is 0.0702. The van der Waals surface area contributed by atoms with E-state index in [1.54, 1.807) is 12.4 Å². The van der Waals surface area contributed by atoms with Crippen LogP contribution >= 0.6 is 0 Å². The number of carbonyl (C=O) groups excluding carboxylic acids is 1. The van der Waals surface area contributed by atoms with Gasteiger partial charge < -0.3 is 4.90 Å². The fourth-order valence-corrected chi connectivity index (χ4v) is 4.53. The van der Waals surface area contributed by atoms with Crippen molar-refractivity contribution in [2.75, 3.05) is 13.1 Å². The molecule has 0 aliphatic carbocycles. The van der Waals surface area contributed by atoms with Gasteiger partial charge in [0, 0.05) is 54.5 Å². The van der Waals surface area contributed by atoms with Gasteiger partial charge in [0.1, 0.15) is 17.3 Å². The Bertz CT molecular complexity index is 1280. The Labute approximate surface area is 190 Å². The third-order valence-electron chi connectivity index (χ3n) is 6.29. The van der Waals surface area contributed by atoms with Crippen LogP contribution in [-0.2, 0) is 6.42 Å². The minimum Gasteiger partial charge on any atom is -0.337 e. The molecule has 1 fully saturated rings. The Morgan fingerprint density at radius 1 is 0.970 bits per heavy atom. The van der Waals surface area contributed by atoms with Gasteiger partial charge in [-0.25, -0.2) is 8.78 Å². The number of piperidine rings is 1. The van der Waals surface area contributed by atoms with Crippen LogP contribution in [0.5, 0.6) is 0 Å². The predicted molar refractivity (Wildman–Crippen MR) is 123 cm³/mol. The topological polar surface area (TPSA) is 46.1 Å². The molecule has 0 radical (unpaired) electrons. The second-order valence-electron chi connectivity index (χ2n) is 8.44. The number of amides is 1. The minimum atomic E-state index is -0.553. The molecule has 1 saturated heterocycles. The number of likely N-dealkylation sites (tertiary alicyclic amines) is 1. The third-order valence-corrected chi connectivity index (χ3v) is 6.29. The monoisotopic (exact) mass is 443 g/mol. The van der Waals surface area contributed by atoms with Crippen molar-refractivity contribution in [2.24, 2.45) is 0 Å². The molecule has 4 aromatic rings. The quantitative estimate of drug-likeness (QED) is 0.417.